The van der Waals surface area contributed by atoms with Gasteiger partial charge in [0.15, 0.2) is 0 Å². The number of hydrogen-bond acceptors (Lipinski definition) is 2. The Morgan fingerprint density at radius 3 is 2.12 bits per heavy atom. The molecule has 0 saturated carbocycles. The molecule has 4 heteroatoms. The molecule has 0 bridgehead atoms. The topological polar surface area (TPSA) is 25.8 Å². The second-order valence-electron chi connectivity index (χ2n) is 3.30. The number of nitrogens with zero attached hydrogens (tertiary/aromatic N) is 2. The molecule has 0 radical (unpaired) electrons. The van der Waals surface area contributed by atoms with E-state index in [0.717, 1.165) is 5.69 Å². The molecule has 0 aliphatic carbocycles. The third kappa shape index (κ3) is 3.38. The van der Waals surface area contributed by atoms with E-state index in [1.807, 2.05) is 43.7 Å². The van der Waals surface area contributed by atoms with Crippen LogP contribution in [-0.2, 0) is 0 Å². The SMILES string of the molecule is Cc1nccc(-c2ccncc2)c1C.I.I. The van der Waals surface area contributed by atoms with Gasteiger partial charge in [0.25, 0.3) is 0 Å². The second kappa shape index (κ2) is 7.16. The maximum Gasteiger partial charge on any atom is 0.0407 e. The van der Waals surface area contributed by atoms with Gasteiger partial charge in [0, 0.05) is 24.3 Å². The van der Waals surface area contributed by atoms with Crippen molar-refractivity contribution in [1.29, 1.82) is 0 Å². The molecular formula is C12H14I2N2. The molecule has 0 saturated heterocycles. The molecule has 2 heterocycles. The van der Waals surface area contributed by atoms with Gasteiger partial charge in [0.2, 0.25) is 0 Å². The van der Waals surface area contributed by atoms with Crippen molar-refractivity contribution in [1.82, 2.24) is 9.97 Å². The lowest BCUT2D eigenvalue weighted by Crippen LogP contribution is -1.90. The first-order valence-electron chi connectivity index (χ1n) is 4.61. The van der Waals surface area contributed by atoms with Crippen molar-refractivity contribution in [3.05, 3.63) is 48.0 Å². The minimum absolute atomic E-state index is 0. The van der Waals surface area contributed by atoms with Crippen LogP contribution in [0, 0.1) is 13.8 Å². The number of hydrogen-bond donors (Lipinski definition) is 0. The van der Waals surface area contributed by atoms with Gasteiger partial charge in [0.1, 0.15) is 0 Å². The number of halogens is 2. The summed E-state index contributed by atoms with van der Waals surface area (Å²) in [6, 6.07) is 6.07. The summed E-state index contributed by atoms with van der Waals surface area (Å²) in [6.45, 7) is 4.12. The van der Waals surface area contributed by atoms with Crippen molar-refractivity contribution in [2.75, 3.05) is 0 Å². The van der Waals surface area contributed by atoms with Crippen LogP contribution in [0.15, 0.2) is 36.8 Å². The molecule has 2 rings (SSSR count). The highest BCUT2D eigenvalue weighted by Gasteiger charge is 2.02. The molecule has 0 atom stereocenters. The van der Waals surface area contributed by atoms with Gasteiger partial charge in [-0.05, 0) is 48.7 Å². The van der Waals surface area contributed by atoms with E-state index in [9.17, 15) is 0 Å². The van der Waals surface area contributed by atoms with Gasteiger partial charge >= 0.3 is 0 Å². The van der Waals surface area contributed by atoms with Crippen molar-refractivity contribution in [3.8, 4) is 11.1 Å². The Bertz CT molecular complexity index is 444. The predicted octanol–water partition coefficient (Wildman–Crippen LogP) is 4.00. The van der Waals surface area contributed by atoms with Crippen LogP contribution in [0.5, 0.6) is 0 Å². The van der Waals surface area contributed by atoms with Crippen LogP contribution in [0.25, 0.3) is 11.1 Å². The number of aromatic nitrogens is 2. The Hall–Kier alpha value is -0.240. The molecular weight excluding hydrogens is 426 g/mol. The molecule has 0 amide bonds. The van der Waals surface area contributed by atoms with Crippen molar-refractivity contribution >= 4 is 48.0 Å². The summed E-state index contributed by atoms with van der Waals surface area (Å²) in [5.41, 5.74) is 4.75. The zero-order chi connectivity index (χ0) is 9.97. The van der Waals surface area contributed by atoms with E-state index in [-0.39, 0.29) is 48.0 Å². The average molecular weight is 440 g/mol. The Balaban J connectivity index is 0.00000112. The van der Waals surface area contributed by atoms with Gasteiger partial charge in [-0.25, -0.2) is 0 Å². The molecule has 0 unspecified atom stereocenters. The average Bonchev–Trinajstić information content (AvgIpc) is 2.23. The number of aryl methyl sites for hydroxylation is 1. The summed E-state index contributed by atoms with van der Waals surface area (Å²) in [4.78, 5) is 8.26. The lowest BCUT2D eigenvalue weighted by Gasteiger charge is -2.06. The lowest BCUT2D eigenvalue weighted by atomic mass is 10.0. The first kappa shape index (κ1) is 15.8. The smallest absolute Gasteiger partial charge is 0.0407 e. The zero-order valence-electron chi connectivity index (χ0n) is 9.18. The molecule has 0 aliphatic heterocycles. The Morgan fingerprint density at radius 1 is 0.875 bits per heavy atom. The van der Waals surface area contributed by atoms with Crippen LogP contribution >= 0.6 is 48.0 Å². The van der Waals surface area contributed by atoms with Crippen LogP contribution in [0.4, 0.5) is 0 Å². The van der Waals surface area contributed by atoms with E-state index in [4.69, 9.17) is 0 Å². The summed E-state index contributed by atoms with van der Waals surface area (Å²) in [7, 11) is 0. The van der Waals surface area contributed by atoms with E-state index in [2.05, 4.69) is 16.9 Å². The Morgan fingerprint density at radius 2 is 1.50 bits per heavy atom. The zero-order valence-corrected chi connectivity index (χ0v) is 13.8. The van der Waals surface area contributed by atoms with Crippen molar-refractivity contribution < 1.29 is 0 Å². The third-order valence-corrected chi connectivity index (χ3v) is 2.45. The fourth-order valence-corrected chi connectivity index (χ4v) is 1.48. The van der Waals surface area contributed by atoms with Crippen LogP contribution in [-0.4, -0.2) is 9.97 Å². The van der Waals surface area contributed by atoms with E-state index >= 15 is 0 Å². The first-order valence-corrected chi connectivity index (χ1v) is 4.61. The van der Waals surface area contributed by atoms with E-state index in [0.29, 0.717) is 0 Å². The molecule has 0 spiro atoms. The molecule has 16 heavy (non-hydrogen) atoms. The fraction of sp³-hybridized carbons (Fsp3) is 0.167. The molecule has 2 aromatic heterocycles. The van der Waals surface area contributed by atoms with Crippen molar-refractivity contribution in [2.45, 2.75) is 13.8 Å². The van der Waals surface area contributed by atoms with Gasteiger partial charge in [0.05, 0.1) is 0 Å². The minimum atomic E-state index is 0. The molecule has 2 aromatic rings. The normalized spacial score (nSPS) is 8.88. The van der Waals surface area contributed by atoms with Gasteiger partial charge in [-0.2, -0.15) is 0 Å². The summed E-state index contributed by atoms with van der Waals surface area (Å²) in [5, 5.41) is 0. The quantitative estimate of drug-likeness (QED) is 0.627. The molecule has 0 fully saturated rings. The second-order valence-corrected chi connectivity index (χ2v) is 3.30. The van der Waals surface area contributed by atoms with Crippen LogP contribution in [0.1, 0.15) is 11.3 Å². The monoisotopic (exact) mass is 440 g/mol. The van der Waals surface area contributed by atoms with Crippen molar-refractivity contribution in [2.24, 2.45) is 0 Å². The van der Waals surface area contributed by atoms with Gasteiger partial charge in [-0.3, -0.25) is 9.97 Å². The number of rotatable bonds is 1. The van der Waals surface area contributed by atoms with Crippen LogP contribution in [0.2, 0.25) is 0 Å². The van der Waals surface area contributed by atoms with Gasteiger partial charge in [-0.1, -0.05) is 0 Å². The Kier molecular flexibility index (Phi) is 7.05. The molecule has 0 N–H and O–H groups in total. The number of pyridine rings is 2. The van der Waals surface area contributed by atoms with Crippen molar-refractivity contribution in [3.63, 3.8) is 0 Å². The van der Waals surface area contributed by atoms with Crippen LogP contribution < -0.4 is 0 Å². The predicted molar refractivity (Wildman–Crippen MR) is 87.8 cm³/mol. The molecule has 86 valence electrons. The van der Waals surface area contributed by atoms with E-state index in [1.54, 1.807) is 0 Å². The minimum Gasteiger partial charge on any atom is -0.265 e. The largest absolute Gasteiger partial charge is 0.265 e. The van der Waals surface area contributed by atoms with Gasteiger partial charge < -0.3 is 0 Å². The van der Waals surface area contributed by atoms with E-state index in [1.165, 1.54) is 16.7 Å². The van der Waals surface area contributed by atoms with E-state index < -0.39 is 0 Å². The van der Waals surface area contributed by atoms with Gasteiger partial charge in [-0.15, -0.1) is 48.0 Å². The first-order chi connectivity index (χ1) is 6.79. The third-order valence-electron chi connectivity index (χ3n) is 2.45. The maximum atomic E-state index is 4.25. The highest BCUT2D eigenvalue weighted by molar-refractivity contribution is 14.0. The Labute approximate surface area is 130 Å². The highest BCUT2D eigenvalue weighted by Crippen LogP contribution is 2.22. The summed E-state index contributed by atoms with van der Waals surface area (Å²) >= 11 is 0. The molecule has 0 aromatic carbocycles. The summed E-state index contributed by atoms with van der Waals surface area (Å²) in [5.74, 6) is 0. The standard InChI is InChI=1S/C12H12N2.2HI/c1-9-10(2)14-8-5-12(9)11-3-6-13-7-4-11;;/h3-8H,1-2H3;2*1H. The summed E-state index contributed by atoms with van der Waals surface area (Å²) in [6.07, 6.45) is 5.47. The van der Waals surface area contributed by atoms with Crippen LogP contribution in [0.3, 0.4) is 0 Å². The fourth-order valence-electron chi connectivity index (χ4n) is 1.48. The highest BCUT2D eigenvalue weighted by atomic mass is 127. The lowest BCUT2D eigenvalue weighted by molar-refractivity contribution is 1.15. The summed E-state index contributed by atoms with van der Waals surface area (Å²) < 4.78 is 0. The maximum absolute atomic E-state index is 4.25. The molecule has 0 aliphatic rings. The molecule has 2 nitrogen and oxygen atoms in total.